The summed E-state index contributed by atoms with van der Waals surface area (Å²) in [5.74, 6) is -0.379. The Balaban J connectivity index is 0.00000180. The first-order valence-corrected chi connectivity index (χ1v) is 5.93. The van der Waals surface area contributed by atoms with Gasteiger partial charge in [-0.15, -0.1) is 12.4 Å². The van der Waals surface area contributed by atoms with Gasteiger partial charge < -0.3 is 10.6 Å². The van der Waals surface area contributed by atoms with Gasteiger partial charge in [0, 0.05) is 18.7 Å². The molecule has 7 heteroatoms. The minimum Gasteiger partial charge on any atom is -0.348 e. The predicted molar refractivity (Wildman–Crippen MR) is 73.7 cm³/mol. The highest BCUT2D eigenvalue weighted by molar-refractivity contribution is 5.98. The van der Waals surface area contributed by atoms with E-state index in [1.165, 1.54) is 12.1 Å². The highest BCUT2D eigenvalue weighted by Gasteiger charge is 2.22. The smallest absolute Gasteiger partial charge is 0.282 e. The molecule has 1 fully saturated rings. The molecule has 1 atom stereocenters. The number of nitro benzene ring substituents is 1. The summed E-state index contributed by atoms with van der Waals surface area (Å²) in [4.78, 5) is 22.3. The van der Waals surface area contributed by atoms with Crippen LogP contribution in [0.2, 0.25) is 0 Å². The van der Waals surface area contributed by atoms with Gasteiger partial charge in [-0.3, -0.25) is 14.9 Å². The number of amides is 1. The summed E-state index contributed by atoms with van der Waals surface area (Å²) in [6.07, 6.45) is 1.90. The van der Waals surface area contributed by atoms with E-state index in [-0.39, 0.29) is 35.6 Å². The number of benzene rings is 1. The third-order valence-corrected chi connectivity index (χ3v) is 2.98. The first kappa shape index (κ1) is 15.4. The van der Waals surface area contributed by atoms with Gasteiger partial charge in [-0.25, -0.2) is 0 Å². The van der Waals surface area contributed by atoms with Crippen molar-refractivity contribution in [1.29, 1.82) is 0 Å². The highest BCUT2D eigenvalue weighted by Crippen LogP contribution is 2.17. The topological polar surface area (TPSA) is 84.3 Å². The molecule has 0 unspecified atom stereocenters. The minimum absolute atomic E-state index is 0. The quantitative estimate of drug-likeness (QED) is 0.651. The molecule has 1 amide bonds. The number of halogens is 1. The molecule has 0 saturated carbocycles. The number of carbonyl (C=O) groups is 1. The maximum atomic E-state index is 12.0. The molecular weight excluding hydrogens is 270 g/mol. The molecule has 2 N–H and O–H groups in total. The Hall–Kier alpha value is -1.66. The zero-order valence-electron chi connectivity index (χ0n) is 10.3. The van der Waals surface area contributed by atoms with E-state index in [1.54, 1.807) is 12.1 Å². The molecule has 1 saturated heterocycles. The molecule has 1 heterocycles. The Morgan fingerprint density at radius 2 is 2.16 bits per heavy atom. The largest absolute Gasteiger partial charge is 0.348 e. The van der Waals surface area contributed by atoms with Crippen molar-refractivity contribution < 1.29 is 9.72 Å². The van der Waals surface area contributed by atoms with E-state index in [0.717, 1.165) is 19.4 Å². The van der Waals surface area contributed by atoms with Crippen LogP contribution in [0.15, 0.2) is 24.3 Å². The van der Waals surface area contributed by atoms with Crippen molar-refractivity contribution in [2.75, 3.05) is 13.1 Å². The molecule has 19 heavy (non-hydrogen) atoms. The van der Waals surface area contributed by atoms with Crippen molar-refractivity contribution in [3.05, 3.63) is 39.9 Å². The lowest BCUT2D eigenvalue weighted by Crippen LogP contribution is -2.45. The van der Waals surface area contributed by atoms with E-state index in [4.69, 9.17) is 0 Å². The van der Waals surface area contributed by atoms with Crippen molar-refractivity contribution in [2.24, 2.45) is 0 Å². The summed E-state index contributed by atoms with van der Waals surface area (Å²) >= 11 is 0. The average molecular weight is 286 g/mol. The minimum atomic E-state index is -0.534. The van der Waals surface area contributed by atoms with Crippen LogP contribution in [0.25, 0.3) is 0 Å². The van der Waals surface area contributed by atoms with E-state index in [1.807, 2.05) is 0 Å². The maximum Gasteiger partial charge on any atom is 0.282 e. The molecular formula is C12H16ClN3O3. The normalized spacial score (nSPS) is 18.2. The van der Waals surface area contributed by atoms with E-state index in [9.17, 15) is 14.9 Å². The average Bonchev–Trinajstić information content (AvgIpc) is 2.40. The molecule has 0 bridgehead atoms. The van der Waals surface area contributed by atoms with Crippen LogP contribution in [-0.2, 0) is 0 Å². The fourth-order valence-electron chi connectivity index (χ4n) is 2.06. The van der Waals surface area contributed by atoms with Gasteiger partial charge in [-0.1, -0.05) is 12.1 Å². The van der Waals surface area contributed by atoms with Crippen molar-refractivity contribution in [2.45, 2.75) is 18.9 Å². The Kier molecular flexibility index (Phi) is 5.72. The van der Waals surface area contributed by atoms with Gasteiger partial charge >= 0.3 is 0 Å². The molecule has 0 aromatic heterocycles. The van der Waals surface area contributed by atoms with E-state index in [0.29, 0.717) is 6.54 Å². The van der Waals surface area contributed by atoms with Crippen molar-refractivity contribution in [1.82, 2.24) is 10.6 Å². The number of hydrogen-bond donors (Lipinski definition) is 2. The van der Waals surface area contributed by atoms with Crippen LogP contribution in [0.5, 0.6) is 0 Å². The van der Waals surface area contributed by atoms with E-state index < -0.39 is 4.92 Å². The SMILES string of the molecule is Cl.O=C(N[C@H]1CCCNC1)c1ccccc1[N+](=O)[O-]. The van der Waals surface area contributed by atoms with Crippen LogP contribution in [0.4, 0.5) is 5.69 Å². The Labute approximate surface area is 117 Å². The van der Waals surface area contributed by atoms with Gasteiger partial charge in [0.05, 0.1) is 4.92 Å². The molecule has 1 aromatic rings. The third-order valence-electron chi connectivity index (χ3n) is 2.98. The van der Waals surface area contributed by atoms with Crippen LogP contribution in [0.1, 0.15) is 23.2 Å². The second-order valence-electron chi connectivity index (χ2n) is 4.29. The number of para-hydroxylation sites is 1. The zero-order valence-corrected chi connectivity index (χ0v) is 11.1. The summed E-state index contributed by atoms with van der Waals surface area (Å²) in [7, 11) is 0. The second kappa shape index (κ2) is 7.06. The number of nitrogens with one attached hydrogen (secondary N) is 2. The summed E-state index contributed by atoms with van der Waals surface area (Å²) in [5, 5.41) is 16.8. The summed E-state index contributed by atoms with van der Waals surface area (Å²) in [5.41, 5.74) is -0.0353. The number of carbonyl (C=O) groups excluding carboxylic acids is 1. The fraction of sp³-hybridized carbons (Fsp3) is 0.417. The standard InChI is InChI=1S/C12H15N3O3.ClH/c16-12(14-9-4-3-7-13-8-9)10-5-1-2-6-11(10)15(17)18;/h1-2,5-6,9,13H,3-4,7-8H2,(H,14,16);1H/t9-;/m0./s1. The first-order chi connectivity index (χ1) is 8.68. The zero-order chi connectivity index (χ0) is 13.0. The third kappa shape index (κ3) is 3.90. The number of rotatable bonds is 3. The molecule has 2 rings (SSSR count). The number of nitrogens with zero attached hydrogens (tertiary/aromatic N) is 1. The van der Waals surface area contributed by atoms with Crippen LogP contribution in [-0.4, -0.2) is 30.0 Å². The molecule has 1 aliphatic heterocycles. The molecule has 104 valence electrons. The van der Waals surface area contributed by atoms with Gasteiger partial charge in [0.2, 0.25) is 0 Å². The predicted octanol–water partition coefficient (Wildman–Crippen LogP) is 1.50. The van der Waals surface area contributed by atoms with E-state index in [2.05, 4.69) is 10.6 Å². The second-order valence-corrected chi connectivity index (χ2v) is 4.29. The lowest BCUT2D eigenvalue weighted by atomic mass is 10.1. The van der Waals surface area contributed by atoms with Crippen molar-refractivity contribution in [3.63, 3.8) is 0 Å². The monoisotopic (exact) mass is 285 g/mol. The molecule has 1 aliphatic rings. The first-order valence-electron chi connectivity index (χ1n) is 5.93. The molecule has 1 aromatic carbocycles. The summed E-state index contributed by atoms with van der Waals surface area (Å²) < 4.78 is 0. The molecule has 0 aliphatic carbocycles. The Bertz CT molecular complexity index is 461. The summed E-state index contributed by atoms with van der Waals surface area (Å²) in [6.45, 7) is 1.67. The van der Waals surface area contributed by atoms with Crippen LogP contribution < -0.4 is 10.6 Å². The Morgan fingerprint density at radius 3 is 2.79 bits per heavy atom. The molecule has 0 spiro atoms. The van der Waals surface area contributed by atoms with Crippen LogP contribution in [0.3, 0.4) is 0 Å². The van der Waals surface area contributed by atoms with Crippen molar-refractivity contribution in [3.8, 4) is 0 Å². The Morgan fingerprint density at radius 1 is 1.42 bits per heavy atom. The number of hydrogen-bond acceptors (Lipinski definition) is 4. The van der Waals surface area contributed by atoms with Crippen LogP contribution >= 0.6 is 12.4 Å². The van der Waals surface area contributed by atoms with Gasteiger partial charge in [-0.2, -0.15) is 0 Å². The van der Waals surface area contributed by atoms with Crippen molar-refractivity contribution >= 4 is 24.0 Å². The highest BCUT2D eigenvalue weighted by atomic mass is 35.5. The van der Waals surface area contributed by atoms with Crippen LogP contribution in [0, 0.1) is 10.1 Å². The fourth-order valence-corrected chi connectivity index (χ4v) is 2.06. The van der Waals surface area contributed by atoms with E-state index >= 15 is 0 Å². The maximum absolute atomic E-state index is 12.0. The molecule has 0 radical (unpaired) electrons. The van der Waals surface area contributed by atoms with Gasteiger partial charge in [-0.05, 0) is 25.5 Å². The number of nitro groups is 1. The molecule has 6 nitrogen and oxygen atoms in total. The lowest BCUT2D eigenvalue weighted by Gasteiger charge is -2.23. The lowest BCUT2D eigenvalue weighted by molar-refractivity contribution is -0.385. The summed E-state index contributed by atoms with van der Waals surface area (Å²) in [6, 6.07) is 6.04. The van der Waals surface area contributed by atoms with Gasteiger partial charge in [0.25, 0.3) is 11.6 Å². The van der Waals surface area contributed by atoms with Gasteiger partial charge in [0.15, 0.2) is 0 Å². The number of piperidine rings is 1. The van der Waals surface area contributed by atoms with Gasteiger partial charge in [0.1, 0.15) is 5.56 Å².